The molecule has 4 aromatic rings. The molecule has 1 aromatic heterocycles. The van der Waals surface area contributed by atoms with Crippen LogP contribution in [0.1, 0.15) is 22.6 Å². The molecular formula is C26H22O6. The van der Waals surface area contributed by atoms with Gasteiger partial charge in [0.1, 0.15) is 28.6 Å². The fourth-order valence-corrected chi connectivity index (χ4v) is 4.29. The normalized spacial score (nSPS) is 15.2. The lowest BCUT2D eigenvalue weighted by Crippen LogP contribution is -2.19. The first-order chi connectivity index (χ1) is 15.5. The summed E-state index contributed by atoms with van der Waals surface area (Å²) in [7, 11) is 1.60. The van der Waals surface area contributed by atoms with Crippen molar-refractivity contribution in [1.82, 2.24) is 0 Å². The van der Waals surface area contributed by atoms with Crippen molar-refractivity contribution in [2.75, 3.05) is 13.7 Å². The number of fused-ring (bicyclic) bond motifs is 2. The van der Waals surface area contributed by atoms with E-state index in [-0.39, 0.29) is 18.1 Å². The molecule has 3 aromatic carbocycles. The van der Waals surface area contributed by atoms with Crippen LogP contribution in [0.2, 0.25) is 0 Å². The summed E-state index contributed by atoms with van der Waals surface area (Å²) in [6.07, 6.45) is 0.612. The molecule has 0 saturated heterocycles. The SMILES string of the molecule is COc1ccc(-c2oc3cc4c(cc3c2CC(=O)O)CC(c2ccc(O)cc2)CO4)cc1. The molecule has 0 radical (unpaired) electrons. The van der Waals surface area contributed by atoms with E-state index in [4.69, 9.17) is 13.9 Å². The van der Waals surface area contributed by atoms with E-state index in [0.29, 0.717) is 29.3 Å². The molecule has 2 N–H and O–H groups in total. The predicted molar refractivity (Wildman–Crippen MR) is 120 cm³/mol. The van der Waals surface area contributed by atoms with Crippen molar-refractivity contribution < 1.29 is 28.9 Å². The van der Waals surface area contributed by atoms with E-state index in [9.17, 15) is 15.0 Å². The molecule has 0 saturated carbocycles. The third-order valence-electron chi connectivity index (χ3n) is 5.92. The largest absolute Gasteiger partial charge is 0.508 e. The van der Waals surface area contributed by atoms with Gasteiger partial charge in [-0.2, -0.15) is 0 Å². The predicted octanol–water partition coefficient (Wildman–Crippen LogP) is 5.16. The van der Waals surface area contributed by atoms with Crippen LogP contribution in [0.25, 0.3) is 22.3 Å². The summed E-state index contributed by atoms with van der Waals surface area (Å²) in [5.74, 6) is 1.48. The van der Waals surface area contributed by atoms with Gasteiger partial charge in [-0.05, 0) is 60.0 Å². The van der Waals surface area contributed by atoms with Crippen LogP contribution in [0.4, 0.5) is 0 Å². The van der Waals surface area contributed by atoms with Crippen LogP contribution >= 0.6 is 0 Å². The second kappa shape index (κ2) is 7.96. The Morgan fingerprint density at radius 2 is 1.84 bits per heavy atom. The molecule has 32 heavy (non-hydrogen) atoms. The topological polar surface area (TPSA) is 89.1 Å². The highest BCUT2D eigenvalue weighted by Gasteiger charge is 2.25. The zero-order valence-electron chi connectivity index (χ0n) is 17.5. The Hall–Kier alpha value is -3.93. The van der Waals surface area contributed by atoms with Crippen LogP contribution in [-0.4, -0.2) is 29.9 Å². The number of aromatic hydroxyl groups is 1. The van der Waals surface area contributed by atoms with E-state index >= 15 is 0 Å². The van der Waals surface area contributed by atoms with Gasteiger partial charge in [-0.3, -0.25) is 4.79 Å². The number of benzene rings is 3. The number of rotatable bonds is 5. The second-order valence-corrected chi connectivity index (χ2v) is 7.97. The molecule has 1 unspecified atom stereocenters. The minimum Gasteiger partial charge on any atom is -0.508 e. The zero-order valence-corrected chi connectivity index (χ0v) is 17.5. The van der Waals surface area contributed by atoms with E-state index in [2.05, 4.69) is 0 Å². The number of hydrogen-bond donors (Lipinski definition) is 2. The van der Waals surface area contributed by atoms with Crippen molar-refractivity contribution in [3.63, 3.8) is 0 Å². The van der Waals surface area contributed by atoms with E-state index in [1.54, 1.807) is 19.2 Å². The number of methoxy groups -OCH3 is 1. The highest BCUT2D eigenvalue weighted by molar-refractivity contribution is 5.93. The number of carboxylic acid groups (broad SMARTS) is 1. The molecule has 1 aliphatic rings. The maximum atomic E-state index is 11.6. The molecule has 6 nitrogen and oxygen atoms in total. The lowest BCUT2D eigenvalue weighted by atomic mass is 9.89. The van der Waals surface area contributed by atoms with E-state index in [0.717, 1.165) is 34.2 Å². The average Bonchev–Trinajstić information content (AvgIpc) is 3.14. The van der Waals surface area contributed by atoms with Gasteiger partial charge in [-0.1, -0.05) is 12.1 Å². The Morgan fingerprint density at radius 3 is 2.53 bits per heavy atom. The van der Waals surface area contributed by atoms with Crippen LogP contribution in [0.15, 0.2) is 65.1 Å². The average molecular weight is 430 g/mol. The Morgan fingerprint density at radius 1 is 1.09 bits per heavy atom. The van der Waals surface area contributed by atoms with Crippen LogP contribution in [0.3, 0.4) is 0 Å². The Bertz CT molecular complexity index is 1280. The van der Waals surface area contributed by atoms with Gasteiger partial charge in [-0.15, -0.1) is 0 Å². The van der Waals surface area contributed by atoms with Gasteiger partial charge in [0.15, 0.2) is 0 Å². The van der Waals surface area contributed by atoms with E-state index in [1.807, 2.05) is 48.5 Å². The minimum absolute atomic E-state index is 0.143. The summed E-state index contributed by atoms with van der Waals surface area (Å²) >= 11 is 0. The first-order valence-corrected chi connectivity index (χ1v) is 10.4. The van der Waals surface area contributed by atoms with Crippen molar-refractivity contribution in [3.8, 4) is 28.6 Å². The molecule has 0 spiro atoms. The molecular weight excluding hydrogens is 408 g/mol. The molecule has 6 heteroatoms. The van der Waals surface area contributed by atoms with Gasteiger partial charge in [-0.25, -0.2) is 0 Å². The molecule has 0 aliphatic carbocycles. The monoisotopic (exact) mass is 430 g/mol. The van der Waals surface area contributed by atoms with Crippen molar-refractivity contribution in [1.29, 1.82) is 0 Å². The Kier molecular flexibility index (Phi) is 4.98. The highest BCUT2D eigenvalue weighted by Crippen LogP contribution is 2.41. The number of carboxylic acids is 1. The smallest absolute Gasteiger partial charge is 0.307 e. The summed E-state index contributed by atoms with van der Waals surface area (Å²) in [4.78, 5) is 11.6. The molecule has 162 valence electrons. The van der Waals surface area contributed by atoms with E-state index < -0.39 is 5.97 Å². The van der Waals surface area contributed by atoms with Gasteiger partial charge in [0.05, 0.1) is 20.1 Å². The number of hydrogen-bond acceptors (Lipinski definition) is 5. The zero-order chi connectivity index (χ0) is 22.2. The van der Waals surface area contributed by atoms with Crippen LogP contribution < -0.4 is 9.47 Å². The first-order valence-electron chi connectivity index (χ1n) is 10.4. The van der Waals surface area contributed by atoms with Gasteiger partial charge in [0.25, 0.3) is 0 Å². The lowest BCUT2D eigenvalue weighted by molar-refractivity contribution is -0.136. The van der Waals surface area contributed by atoms with Crippen molar-refractivity contribution >= 4 is 16.9 Å². The number of phenolic OH excluding ortho intramolecular Hbond substituents is 1. The molecule has 0 amide bonds. The van der Waals surface area contributed by atoms with Crippen molar-refractivity contribution in [2.24, 2.45) is 0 Å². The van der Waals surface area contributed by atoms with Crippen LogP contribution in [0, 0.1) is 0 Å². The van der Waals surface area contributed by atoms with E-state index in [1.165, 1.54) is 0 Å². The van der Waals surface area contributed by atoms with Gasteiger partial charge < -0.3 is 24.1 Å². The summed E-state index contributed by atoms with van der Waals surface area (Å²) in [6.45, 7) is 0.525. The van der Waals surface area contributed by atoms with Crippen LogP contribution in [-0.2, 0) is 17.6 Å². The Labute approximate surface area is 184 Å². The maximum Gasteiger partial charge on any atom is 0.307 e. The molecule has 1 aliphatic heterocycles. The minimum atomic E-state index is -0.918. The fraction of sp³-hybridized carbons (Fsp3) is 0.192. The second-order valence-electron chi connectivity index (χ2n) is 7.97. The lowest BCUT2D eigenvalue weighted by Gasteiger charge is -2.25. The van der Waals surface area contributed by atoms with Crippen LogP contribution in [0.5, 0.6) is 17.2 Å². The number of aliphatic carboxylic acids is 1. The standard InChI is InChI=1S/C26H22O6/c1-30-20-8-4-16(5-9-20)26-22(12-25(28)29)21-11-17-10-18(15-2-6-19(27)7-3-15)14-31-23(17)13-24(21)32-26/h2-9,11,13,18,27H,10,12,14H2,1H3,(H,28,29). The third-order valence-corrected chi connectivity index (χ3v) is 5.92. The Balaban J connectivity index is 1.57. The fourth-order valence-electron chi connectivity index (χ4n) is 4.29. The first kappa shape index (κ1) is 20.0. The molecule has 2 heterocycles. The summed E-state index contributed by atoms with van der Waals surface area (Å²) < 4.78 is 17.4. The molecule has 5 rings (SSSR count). The summed E-state index contributed by atoms with van der Waals surface area (Å²) in [6, 6.07) is 18.4. The number of ether oxygens (including phenoxy) is 2. The van der Waals surface area contributed by atoms with Crippen molar-refractivity contribution in [3.05, 3.63) is 77.4 Å². The van der Waals surface area contributed by atoms with Gasteiger partial charge in [0.2, 0.25) is 0 Å². The third kappa shape index (κ3) is 3.64. The number of carbonyl (C=O) groups is 1. The summed E-state index contributed by atoms with van der Waals surface area (Å²) in [5.41, 5.74) is 4.14. The number of phenols is 1. The highest BCUT2D eigenvalue weighted by atomic mass is 16.5. The quantitative estimate of drug-likeness (QED) is 0.455. The van der Waals surface area contributed by atoms with Crippen molar-refractivity contribution in [2.45, 2.75) is 18.8 Å². The molecule has 0 fully saturated rings. The van der Waals surface area contributed by atoms with Gasteiger partial charge in [0, 0.05) is 28.5 Å². The maximum absolute atomic E-state index is 11.6. The van der Waals surface area contributed by atoms with Gasteiger partial charge >= 0.3 is 5.97 Å². The number of furan rings is 1. The molecule has 0 bridgehead atoms. The summed E-state index contributed by atoms with van der Waals surface area (Å²) in [5, 5.41) is 19.9. The molecule has 1 atom stereocenters.